The molecule has 7 nitrogen and oxygen atoms in total. The smallest absolute Gasteiger partial charge is 0.264 e. The topological polar surface area (TPSA) is 84.9 Å². The first-order valence-corrected chi connectivity index (χ1v) is 10.5. The minimum absolute atomic E-state index is 0.120. The summed E-state index contributed by atoms with van der Waals surface area (Å²) < 4.78 is 50.9. The molecule has 2 aromatic rings. The molecule has 0 unspecified atom stereocenters. The molecule has 2 rings (SSSR count). The van der Waals surface area contributed by atoms with Crippen molar-refractivity contribution in [2.24, 2.45) is 0 Å². The third kappa shape index (κ3) is 6.16. The Kier molecular flexibility index (Phi) is 7.98. The van der Waals surface area contributed by atoms with E-state index in [9.17, 15) is 17.6 Å². The van der Waals surface area contributed by atoms with Crippen molar-refractivity contribution in [3.8, 4) is 5.75 Å². The quantitative estimate of drug-likeness (QED) is 0.634. The van der Waals surface area contributed by atoms with Crippen molar-refractivity contribution in [1.82, 2.24) is 5.32 Å². The summed E-state index contributed by atoms with van der Waals surface area (Å²) in [6, 6.07) is 10.5. The summed E-state index contributed by atoms with van der Waals surface area (Å²) in [5.74, 6) is -0.467. The van der Waals surface area contributed by atoms with Gasteiger partial charge in [0.25, 0.3) is 10.0 Å². The summed E-state index contributed by atoms with van der Waals surface area (Å²) in [6.07, 6.45) is 0. The maximum Gasteiger partial charge on any atom is 0.264 e. The van der Waals surface area contributed by atoms with Gasteiger partial charge in [0.1, 0.15) is 18.1 Å². The molecule has 0 aliphatic carbocycles. The van der Waals surface area contributed by atoms with E-state index in [0.29, 0.717) is 19.0 Å². The molecule has 0 heterocycles. The van der Waals surface area contributed by atoms with Crippen molar-refractivity contribution in [2.75, 3.05) is 31.2 Å². The van der Waals surface area contributed by atoms with Crippen molar-refractivity contribution >= 4 is 21.6 Å². The number of ether oxygens (including phenoxy) is 2. The van der Waals surface area contributed by atoms with Crippen molar-refractivity contribution < 1.29 is 27.1 Å². The second-order valence-electron chi connectivity index (χ2n) is 6.32. The molecule has 0 radical (unpaired) electrons. The van der Waals surface area contributed by atoms with Crippen LogP contribution in [0.4, 0.5) is 10.1 Å². The van der Waals surface area contributed by atoms with Gasteiger partial charge >= 0.3 is 0 Å². The van der Waals surface area contributed by atoms with Gasteiger partial charge in [0.2, 0.25) is 5.91 Å². The third-order valence-electron chi connectivity index (χ3n) is 3.95. The van der Waals surface area contributed by atoms with Crippen molar-refractivity contribution in [2.45, 2.75) is 24.8 Å². The maximum atomic E-state index is 13.2. The molecule has 9 heteroatoms. The molecular weight excluding hydrogens is 399 g/mol. The predicted octanol–water partition coefficient (Wildman–Crippen LogP) is 2.57. The highest BCUT2D eigenvalue weighted by Gasteiger charge is 2.27. The van der Waals surface area contributed by atoms with Gasteiger partial charge in [-0.3, -0.25) is 9.10 Å². The Bertz CT molecular complexity index is 901. The second kappa shape index (κ2) is 10.2. The van der Waals surface area contributed by atoms with Crippen LogP contribution in [0.1, 0.15) is 13.8 Å². The highest BCUT2D eigenvalue weighted by molar-refractivity contribution is 7.92. The van der Waals surface area contributed by atoms with E-state index in [-0.39, 0.29) is 16.6 Å². The number of nitrogens with one attached hydrogen (secondary N) is 1. The minimum atomic E-state index is -4.11. The van der Waals surface area contributed by atoms with E-state index in [1.54, 1.807) is 31.2 Å². The fraction of sp³-hybridized carbons (Fsp3) is 0.350. The minimum Gasteiger partial charge on any atom is -0.494 e. The number of rotatable bonds is 10. The Morgan fingerprint density at radius 3 is 2.31 bits per heavy atom. The van der Waals surface area contributed by atoms with Crippen LogP contribution in [0.5, 0.6) is 5.75 Å². The molecule has 0 aliphatic rings. The van der Waals surface area contributed by atoms with Crippen molar-refractivity contribution in [3.05, 3.63) is 54.3 Å². The monoisotopic (exact) mass is 424 g/mol. The summed E-state index contributed by atoms with van der Waals surface area (Å²) in [4.78, 5) is 12.3. The van der Waals surface area contributed by atoms with Gasteiger partial charge in [-0.2, -0.15) is 0 Å². The third-order valence-corrected chi connectivity index (χ3v) is 5.74. The summed E-state index contributed by atoms with van der Waals surface area (Å²) in [6.45, 7) is 3.90. The maximum absolute atomic E-state index is 13.2. The first kappa shape index (κ1) is 22.6. The van der Waals surface area contributed by atoms with Gasteiger partial charge in [0, 0.05) is 13.2 Å². The Morgan fingerprint density at radius 2 is 1.76 bits per heavy atom. The number of anilines is 1. The molecule has 29 heavy (non-hydrogen) atoms. The van der Waals surface area contributed by atoms with Crippen LogP contribution in [0.25, 0.3) is 0 Å². The zero-order chi connectivity index (χ0) is 21.4. The molecule has 0 aliphatic heterocycles. The lowest BCUT2D eigenvalue weighted by Crippen LogP contribution is -2.44. The van der Waals surface area contributed by atoms with Crippen LogP contribution in [0, 0.1) is 5.82 Å². The fourth-order valence-electron chi connectivity index (χ4n) is 2.67. The number of nitrogens with zero attached hydrogens (tertiary/aromatic N) is 1. The van der Waals surface area contributed by atoms with Gasteiger partial charge in [0.05, 0.1) is 23.8 Å². The standard InChI is InChI=1S/C20H25FN2O5S/c1-4-28-18-9-7-17(8-10-18)23(13-20(24)22-15(2)14-27-3)29(25,26)19-11-5-16(21)6-12-19/h5-12,15H,4,13-14H2,1-3H3,(H,22,24)/t15-/m1/s1. The molecule has 1 N–H and O–H groups in total. The molecule has 0 saturated heterocycles. The molecular formula is C20H25FN2O5S. The summed E-state index contributed by atoms with van der Waals surface area (Å²) in [5.41, 5.74) is 0.285. The number of benzene rings is 2. The predicted molar refractivity (Wildman–Crippen MR) is 108 cm³/mol. The summed E-state index contributed by atoms with van der Waals surface area (Å²) >= 11 is 0. The number of methoxy groups -OCH3 is 1. The fourth-order valence-corrected chi connectivity index (χ4v) is 4.09. The van der Waals surface area contributed by atoms with Crippen molar-refractivity contribution in [1.29, 1.82) is 0 Å². The molecule has 0 spiro atoms. The lowest BCUT2D eigenvalue weighted by Gasteiger charge is -2.25. The Morgan fingerprint density at radius 1 is 1.14 bits per heavy atom. The molecule has 0 aromatic heterocycles. The lowest BCUT2D eigenvalue weighted by molar-refractivity contribution is -0.120. The average molecular weight is 424 g/mol. The van der Waals surface area contributed by atoms with Crippen molar-refractivity contribution in [3.63, 3.8) is 0 Å². The Balaban J connectivity index is 2.36. The zero-order valence-electron chi connectivity index (χ0n) is 16.6. The van der Waals surface area contributed by atoms with E-state index in [2.05, 4.69) is 5.32 Å². The van der Waals surface area contributed by atoms with Crippen LogP contribution in [0.2, 0.25) is 0 Å². The highest BCUT2D eigenvalue weighted by atomic mass is 32.2. The molecule has 158 valence electrons. The highest BCUT2D eigenvalue weighted by Crippen LogP contribution is 2.26. The molecule has 0 bridgehead atoms. The van der Waals surface area contributed by atoms with E-state index in [1.807, 2.05) is 6.92 Å². The van der Waals surface area contributed by atoms with E-state index in [4.69, 9.17) is 9.47 Å². The van der Waals surface area contributed by atoms with Crippen LogP contribution in [-0.2, 0) is 19.6 Å². The van der Waals surface area contributed by atoms with Gasteiger partial charge < -0.3 is 14.8 Å². The van der Waals surface area contributed by atoms with Crippen LogP contribution < -0.4 is 14.4 Å². The number of hydrogen-bond donors (Lipinski definition) is 1. The number of sulfonamides is 1. The van der Waals surface area contributed by atoms with Gasteiger partial charge in [-0.25, -0.2) is 12.8 Å². The first-order chi connectivity index (χ1) is 13.8. The first-order valence-electron chi connectivity index (χ1n) is 9.07. The van der Waals surface area contributed by atoms with E-state index in [1.165, 1.54) is 7.11 Å². The van der Waals surface area contributed by atoms with E-state index < -0.39 is 28.3 Å². The largest absolute Gasteiger partial charge is 0.494 e. The number of hydrogen-bond acceptors (Lipinski definition) is 5. The van der Waals surface area contributed by atoms with Crippen LogP contribution in [0.15, 0.2) is 53.4 Å². The van der Waals surface area contributed by atoms with E-state index in [0.717, 1.165) is 28.6 Å². The van der Waals surface area contributed by atoms with Gasteiger partial charge in [-0.05, 0) is 62.4 Å². The average Bonchev–Trinajstić information content (AvgIpc) is 2.67. The lowest BCUT2D eigenvalue weighted by atomic mass is 10.3. The summed E-state index contributed by atoms with van der Waals surface area (Å²) in [7, 11) is -2.60. The molecule has 0 saturated carbocycles. The number of amides is 1. The number of carbonyl (C=O) groups excluding carboxylic acids is 1. The SMILES string of the molecule is CCOc1ccc(N(CC(=O)N[C@H](C)COC)S(=O)(=O)c2ccc(F)cc2)cc1. The Labute approximate surface area is 170 Å². The normalized spacial score (nSPS) is 12.3. The molecule has 2 aromatic carbocycles. The van der Waals surface area contributed by atoms with Gasteiger partial charge in [-0.1, -0.05) is 0 Å². The summed E-state index contributed by atoms with van der Waals surface area (Å²) in [5, 5.41) is 2.69. The second-order valence-corrected chi connectivity index (χ2v) is 8.18. The van der Waals surface area contributed by atoms with Crippen LogP contribution >= 0.6 is 0 Å². The molecule has 1 atom stereocenters. The molecule has 1 amide bonds. The van der Waals surface area contributed by atoms with Gasteiger partial charge in [-0.15, -0.1) is 0 Å². The van der Waals surface area contributed by atoms with Gasteiger partial charge in [0.15, 0.2) is 0 Å². The Hall–Kier alpha value is -2.65. The number of carbonyl (C=O) groups is 1. The number of halogens is 1. The van der Waals surface area contributed by atoms with Crippen LogP contribution in [0.3, 0.4) is 0 Å². The molecule has 0 fully saturated rings. The zero-order valence-corrected chi connectivity index (χ0v) is 17.4. The van der Waals surface area contributed by atoms with E-state index >= 15 is 0 Å². The van der Waals surface area contributed by atoms with Crippen LogP contribution in [-0.4, -0.2) is 47.2 Å².